The van der Waals surface area contributed by atoms with Crippen molar-refractivity contribution in [2.45, 2.75) is 79.0 Å². The third-order valence-electron chi connectivity index (χ3n) is 3.78. The highest BCUT2D eigenvalue weighted by atomic mass is 16.5. The predicted octanol–water partition coefficient (Wildman–Crippen LogP) is 4.88. The van der Waals surface area contributed by atoms with Gasteiger partial charge in [-0.1, -0.05) is 12.1 Å². The molecule has 1 rings (SSSR count). The quantitative estimate of drug-likeness (QED) is 0.691. The van der Waals surface area contributed by atoms with Crippen molar-refractivity contribution in [3.8, 4) is 0 Å². The summed E-state index contributed by atoms with van der Waals surface area (Å²) in [5.74, 6) is 0. The monoisotopic (exact) mass is 336 g/mol. The van der Waals surface area contributed by atoms with Gasteiger partial charge in [0.15, 0.2) is 0 Å². The number of anilines is 2. The van der Waals surface area contributed by atoms with Crippen molar-refractivity contribution in [1.82, 2.24) is 0 Å². The van der Waals surface area contributed by atoms with Crippen molar-refractivity contribution < 1.29 is 9.47 Å². The summed E-state index contributed by atoms with van der Waals surface area (Å²) in [5.41, 5.74) is 1.89. The van der Waals surface area contributed by atoms with Crippen LogP contribution in [0.1, 0.15) is 55.4 Å². The highest BCUT2D eigenvalue weighted by Crippen LogP contribution is 2.32. The largest absolute Gasteiger partial charge is 0.353 e. The lowest BCUT2D eigenvalue weighted by Gasteiger charge is -2.38. The van der Waals surface area contributed by atoms with Gasteiger partial charge in [-0.2, -0.15) is 0 Å². The highest BCUT2D eigenvalue weighted by Gasteiger charge is 2.24. The molecule has 0 saturated carbocycles. The van der Waals surface area contributed by atoms with Crippen molar-refractivity contribution in [3.05, 3.63) is 24.3 Å². The van der Waals surface area contributed by atoms with E-state index in [4.69, 9.17) is 9.47 Å². The van der Waals surface area contributed by atoms with Gasteiger partial charge >= 0.3 is 0 Å². The Labute approximate surface area is 148 Å². The molecule has 0 aliphatic rings. The predicted molar refractivity (Wildman–Crippen MR) is 104 cm³/mol. The minimum absolute atomic E-state index is 0.0293. The summed E-state index contributed by atoms with van der Waals surface area (Å²) in [4.78, 5) is 4.34. The average molecular weight is 337 g/mol. The van der Waals surface area contributed by atoms with E-state index >= 15 is 0 Å². The van der Waals surface area contributed by atoms with Gasteiger partial charge in [0.2, 0.25) is 0 Å². The molecule has 0 bridgehead atoms. The van der Waals surface area contributed by atoms with Gasteiger partial charge in [-0.05, 0) is 67.5 Å². The van der Waals surface area contributed by atoms with Gasteiger partial charge in [0.25, 0.3) is 0 Å². The van der Waals surface area contributed by atoms with Gasteiger partial charge in [-0.3, -0.25) is 0 Å². The van der Waals surface area contributed by atoms with Crippen molar-refractivity contribution in [3.63, 3.8) is 0 Å². The Bertz CT molecular complexity index is 470. The van der Waals surface area contributed by atoms with Crippen molar-refractivity contribution >= 4 is 11.4 Å². The third kappa shape index (κ3) is 6.33. The van der Waals surface area contributed by atoms with Crippen LogP contribution in [0, 0.1) is 0 Å². The van der Waals surface area contributed by atoms with Crippen LogP contribution in [0.3, 0.4) is 0 Å². The van der Waals surface area contributed by atoms with Crippen LogP contribution in [0.2, 0.25) is 0 Å². The van der Waals surface area contributed by atoms with Crippen LogP contribution >= 0.6 is 0 Å². The van der Waals surface area contributed by atoms with E-state index in [-0.39, 0.29) is 23.7 Å². The summed E-state index contributed by atoms with van der Waals surface area (Å²) in [5, 5.41) is 0. The fourth-order valence-corrected chi connectivity index (χ4v) is 2.63. The standard InChI is InChI=1S/C20H36N2O2/c1-15(23-19(3,4)5)21(9)17-13-11-12-14-18(17)22(10)16(2)24-20(6,7)8/h11-16H,1-10H3. The second-order valence-corrected chi connectivity index (χ2v) is 8.37. The minimum atomic E-state index is -0.183. The van der Waals surface area contributed by atoms with E-state index in [2.05, 4.69) is 104 Å². The molecular formula is C20H36N2O2. The molecule has 138 valence electrons. The second-order valence-electron chi connectivity index (χ2n) is 8.37. The van der Waals surface area contributed by atoms with E-state index in [9.17, 15) is 0 Å². The van der Waals surface area contributed by atoms with Crippen LogP contribution in [-0.4, -0.2) is 37.8 Å². The molecule has 2 unspecified atom stereocenters. The topological polar surface area (TPSA) is 24.9 Å². The maximum absolute atomic E-state index is 6.11. The van der Waals surface area contributed by atoms with Crippen LogP contribution in [0.25, 0.3) is 0 Å². The molecular weight excluding hydrogens is 300 g/mol. The lowest BCUT2D eigenvalue weighted by molar-refractivity contribution is -0.0518. The molecule has 4 heteroatoms. The smallest absolute Gasteiger partial charge is 0.127 e. The van der Waals surface area contributed by atoms with Crippen LogP contribution in [0.4, 0.5) is 11.4 Å². The molecule has 0 amide bonds. The van der Waals surface area contributed by atoms with Crippen molar-refractivity contribution in [2.75, 3.05) is 23.9 Å². The van der Waals surface area contributed by atoms with Gasteiger partial charge in [-0.25, -0.2) is 0 Å². The maximum atomic E-state index is 6.11. The molecule has 4 nitrogen and oxygen atoms in total. The first-order chi connectivity index (χ1) is 10.8. The first-order valence-electron chi connectivity index (χ1n) is 8.72. The van der Waals surface area contributed by atoms with E-state index < -0.39 is 0 Å². The lowest BCUT2D eigenvalue weighted by atomic mass is 10.2. The third-order valence-corrected chi connectivity index (χ3v) is 3.78. The molecule has 1 aromatic rings. The van der Waals surface area contributed by atoms with E-state index in [1.807, 2.05) is 0 Å². The minimum Gasteiger partial charge on any atom is -0.353 e. The second kappa shape index (κ2) is 7.75. The van der Waals surface area contributed by atoms with E-state index in [1.165, 1.54) is 0 Å². The zero-order valence-corrected chi connectivity index (χ0v) is 17.2. The molecule has 1 aromatic carbocycles. The molecule has 24 heavy (non-hydrogen) atoms. The van der Waals surface area contributed by atoms with Crippen molar-refractivity contribution in [1.29, 1.82) is 0 Å². The molecule has 0 aliphatic carbocycles. The number of para-hydroxylation sites is 2. The number of benzene rings is 1. The van der Waals surface area contributed by atoms with Gasteiger partial charge in [0, 0.05) is 14.1 Å². The summed E-state index contributed by atoms with van der Waals surface area (Å²) in [6, 6.07) is 8.36. The summed E-state index contributed by atoms with van der Waals surface area (Å²) < 4.78 is 12.2. The van der Waals surface area contributed by atoms with Crippen LogP contribution in [0.5, 0.6) is 0 Å². The first-order valence-corrected chi connectivity index (χ1v) is 8.72. The average Bonchev–Trinajstić information content (AvgIpc) is 2.42. The maximum Gasteiger partial charge on any atom is 0.127 e. The zero-order valence-electron chi connectivity index (χ0n) is 17.2. The molecule has 0 aromatic heterocycles. The first kappa shape index (κ1) is 20.8. The van der Waals surface area contributed by atoms with E-state index in [1.54, 1.807) is 0 Å². The summed E-state index contributed by atoms with van der Waals surface area (Å²) in [6.45, 7) is 16.6. The number of ether oxygens (including phenoxy) is 2. The highest BCUT2D eigenvalue weighted by molar-refractivity contribution is 5.71. The molecule has 0 spiro atoms. The molecule has 0 fully saturated rings. The fraction of sp³-hybridized carbons (Fsp3) is 0.700. The van der Waals surface area contributed by atoms with Crippen molar-refractivity contribution in [2.24, 2.45) is 0 Å². The molecule has 0 heterocycles. The molecule has 2 atom stereocenters. The normalized spacial score (nSPS) is 15.1. The Hall–Kier alpha value is -1.26. The van der Waals surface area contributed by atoms with Crippen LogP contribution in [-0.2, 0) is 9.47 Å². The Morgan fingerprint density at radius 3 is 1.25 bits per heavy atom. The number of hydrogen-bond donors (Lipinski definition) is 0. The summed E-state index contributed by atoms with van der Waals surface area (Å²) in [7, 11) is 4.14. The van der Waals surface area contributed by atoms with Gasteiger partial charge in [0.05, 0.1) is 22.6 Å². The van der Waals surface area contributed by atoms with Crippen LogP contribution in [0.15, 0.2) is 24.3 Å². The number of rotatable bonds is 6. The Balaban J connectivity index is 3.03. The summed E-state index contributed by atoms with van der Waals surface area (Å²) >= 11 is 0. The van der Waals surface area contributed by atoms with Gasteiger partial charge in [-0.15, -0.1) is 0 Å². The zero-order chi connectivity index (χ0) is 18.7. The Morgan fingerprint density at radius 2 is 1.00 bits per heavy atom. The number of nitrogens with zero attached hydrogens (tertiary/aromatic N) is 2. The molecule has 0 radical (unpaired) electrons. The Kier molecular flexibility index (Phi) is 6.71. The lowest BCUT2D eigenvalue weighted by Crippen LogP contribution is -2.40. The van der Waals surface area contributed by atoms with E-state index in [0.717, 1.165) is 11.4 Å². The van der Waals surface area contributed by atoms with Gasteiger partial charge in [0.1, 0.15) is 12.5 Å². The van der Waals surface area contributed by atoms with Gasteiger partial charge < -0.3 is 19.3 Å². The number of hydrogen-bond acceptors (Lipinski definition) is 4. The molecule has 0 N–H and O–H groups in total. The molecule has 0 saturated heterocycles. The SMILES string of the molecule is CC(OC(C)(C)C)N(C)c1ccccc1N(C)C(C)OC(C)(C)C. The Morgan fingerprint density at radius 1 is 0.708 bits per heavy atom. The summed E-state index contributed by atoms with van der Waals surface area (Å²) in [6.07, 6.45) is -0.0585. The van der Waals surface area contributed by atoms with Crippen LogP contribution < -0.4 is 9.80 Å². The molecule has 0 aliphatic heterocycles. The van der Waals surface area contributed by atoms with E-state index in [0.29, 0.717) is 0 Å². The fourth-order valence-electron chi connectivity index (χ4n) is 2.63.